The number of carbonyl (C=O) groups excluding carboxylic acids is 2. The Labute approximate surface area is 207 Å². The fraction of sp³-hybridized carbons (Fsp3) is 0.654. The Morgan fingerprint density at radius 1 is 1.20 bits per heavy atom. The van der Waals surface area contributed by atoms with Crippen LogP contribution in [0.1, 0.15) is 50.5 Å². The summed E-state index contributed by atoms with van der Waals surface area (Å²) in [5, 5.41) is 27.1. The first-order valence-electron chi connectivity index (χ1n) is 12.9. The van der Waals surface area contributed by atoms with E-state index in [1.54, 1.807) is 4.90 Å². The summed E-state index contributed by atoms with van der Waals surface area (Å²) >= 11 is 0. The summed E-state index contributed by atoms with van der Waals surface area (Å²) in [6, 6.07) is 11.0. The smallest absolute Gasteiger partial charge is 0.318 e. The van der Waals surface area contributed by atoms with Crippen LogP contribution in [-0.2, 0) is 16.1 Å². The molecule has 1 saturated carbocycles. The van der Waals surface area contributed by atoms with Gasteiger partial charge in [-0.05, 0) is 12.3 Å². The molecule has 2 heterocycles. The van der Waals surface area contributed by atoms with Gasteiger partial charge in [-0.15, -0.1) is 0 Å². The minimum absolute atomic E-state index is 0.109. The van der Waals surface area contributed by atoms with Crippen LogP contribution in [0.5, 0.6) is 0 Å². The Morgan fingerprint density at radius 3 is 2.60 bits per heavy atom. The van der Waals surface area contributed by atoms with Gasteiger partial charge < -0.3 is 20.3 Å². The molecule has 0 aromatic heterocycles. The second-order valence-electron chi connectivity index (χ2n) is 10.4. The molecule has 0 radical (unpaired) electrons. The van der Waals surface area contributed by atoms with E-state index in [9.17, 15) is 20.1 Å². The lowest BCUT2D eigenvalue weighted by atomic mass is 9.84. The van der Waals surface area contributed by atoms with Gasteiger partial charge in [0.1, 0.15) is 25.7 Å². The summed E-state index contributed by atoms with van der Waals surface area (Å²) in [6.45, 7) is 2.82. The fourth-order valence-corrected chi connectivity index (χ4v) is 5.66. The van der Waals surface area contributed by atoms with Crippen molar-refractivity contribution < 1.29 is 24.2 Å². The zero-order chi connectivity index (χ0) is 24.7. The normalized spacial score (nSPS) is 28.2. The lowest BCUT2D eigenvalue weighted by Gasteiger charge is -2.32. The second-order valence-corrected chi connectivity index (χ2v) is 10.4. The number of ether oxygens (including phenoxy) is 1. The minimum Gasteiger partial charge on any atom is -0.378 e. The number of carbonyl (C=O) groups is 2. The number of urea groups is 1. The van der Waals surface area contributed by atoms with E-state index in [1.165, 1.54) is 6.42 Å². The number of quaternary nitrogens is 1. The van der Waals surface area contributed by atoms with E-state index in [4.69, 9.17) is 4.74 Å². The van der Waals surface area contributed by atoms with Crippen LogP contribution >= 0.6 is 0 Å². The summed E-state index contributed by atoms with van der Waals surface area (Å²) in [5.74, 6) is 0.0313. The second kappa shape index (κ2) is 11.4. The number of rotatable bonds is 7. The van der Waals surface area contributed by atoms with Crippen LogP contribution in [-0.4, -0.2) is 77.7 Å². The molecule has 1 aliphatic carbocycles. The number of benzene rings is 1. The molecule has 0 bridgehead atoms. The van der Waals surface area contributed by atoms with Gasteiger partial charge in [-0.1, -0.05) is 62.4 Å². The maximum absolute atomic E-state index is 13.5. The number of hydrogen-bond acceptors (Lipinski definition) is 5. The lowest BCUT2D eigenvalue weighted by molar-refractivity contribution is -1.10. The number of likely N-dealkylation sites (tertiary alicyclic amines) is 1. The van der Waals surface area contributed by atoms with Crippen LogP contribution in [0, 0.1) is 17.2 Å². The Balaban J connectivity index is 1.43. The van der Waals surface area contributed by atoms with Gasteiger partial charge >= 0.3 is 6.03 Å². The highest BCUT2D eigenvalue weighted by Crippen LogP contribution is 2.30. The molecule has 3 amide bonds. The first kappa shape index (κ1) is 25.4. The maximum Gasteiger partial charge on any atom is 0.318 e. The van der Waals surface area contributed by atoms with Crippen molar-refractivity contribution >= 4 is 11.9 Å². The maximum atomic E-state index is 13.5. The Kier molecular flexibility index (Phi) is 8.26. The van der Waals surface area contributed by atoms with Crippen molar-refractivity contribution in [3.8, 4) is 6.07 Å². The van der Waals surface area contributed by atoms with E-state index in [2.05, 4.69) is 16.7 Å². The van der Waals surface area contributed by atoms with Gasteiger partial charge in [0.25, 0.3) is 0 Å². The number of nitrogens with zero attached hydrogens (tertiary/aromatic N) is 3. The van der Waals surface area contributed by atoms with Crippen LogP contribution < -0.4 is 10.6 Å². The molecule has 2 saturated heterocycles. The van der Waals surface area contributed by atoms with E-state index >= 15 is 0 Å². The van der Waals surface area contributed by atoms with Crippen LogP contribution in [0.25, 0.3) is 0 Å². The Bertz CT molecular complexity index is 910. The number of hydroxylamine groups is 3. The first-order valence-corrected chi connectivity index (χ1v) is 12.9. The zero-order valence-electron chi connectivity index (χ0n) is 20.5. The average Bonchev–Trinajstić information content (AvgIpc) is 3.21. The van der Waals surface area contributed by atoms with Gasteiger partial charge in [-0.3, -0.25) is 4.79 Å². The monoisotopic (exact) mass is 484 g/mol. The molecule has 3 fully saturated rings. The van der Waals surface area contributed by atoms with Crippen molar-refractivity contribution in [3.63, 3.8) is 0 Å². The summed E-state index contributed by atoms with van der Waals surface area (Å²) in [6.07, 6.45) is 6.51. The lowest BCUT2D eigenvalue weighted by Crippen LogP contribution is -2.59. The standard InChI is InChI=1S/C26H37N5O4/c27-19-26(11-14-31(34,20-26)18-22-9-5-2-6-10-22)29-24(32)23(17-21-7-3-1-4-8-21)28-25(33)30-12-15-35-16-13-30/h2,5-6,9-10,21,23,34H,1,3-4,7-8,11-18,20H2,(H-,28,29,32,33)/p+1. The largest absolute Gasteiger partial charge is 0.378 e. The first-order chi connectivity index (χ1) is 16.9. The Morgan fingerprint density at radius 2 is 1.91 bits per heavy atom. The molecule has 3 N–H and O–H groups in total. The topological polar surface area (TPSA) is 115 Å². The summed E-state index contributed by atoms with van der Waals surface area (Å²) in [5.41, 5.74) is -0.196. The highest BCUT2D eigenvalue weighted by molar-refractivity contribution is 5.87. The molecule has 190 valence electrons. The van der Waals surface area contributed by atoms with E-state index in [0.717, 1.165) is 31.2 Å². The number of nitrogens with one attached hydrogen (secondary N) is 2. The molecule has 1 aromatic carbocycles. The molecule has 9 heteroatoms. The van der Waals surface area contributed by atoms with Crippen molar-refractivity contribution in [2.75, 3.05) is 39.4 Å². The predicted molar refractivity (Wildman–Crippen MR) is 129 cm³/mol. The van der Waals surface area contributed by atoms with Gasteiger partial charge in [-0.2, -0.15) is 9.91 Å². The quantitative estimate of drug-likeness (QED) is 0.515. The summed E-state index contributed by atoms with van der Waals surface area (Å²) < 4.78 is 5.04. The molecule has 2 aliphatic heterocycles. The van der Waals surface area contributed by atoms with E-state index in [-0.39, 0.29) is 23.1 Å². The van der Waals surface area contributed by atoms with E-state index in [1.807, 2.05) is 30.3 Å². The number of hydrogen-bond donors (Lipinski definition) is 3. The van der Waals surface area contributed by atoms with Crippen molar-refractivity contribution in [2.24, 2.45) is 5.92 Å². The van der Waals surface area contributed by atoms with Gasteiger partial charge in [-0.25, -0.2) is 10.0 Å². The molecule has 3 unspecified atom stereocenters. The molecular weight excluding hydrogens is 446 g/mol. The van der Waals surface area contributed by atoms with Crippen molar-refractivity contribution in [2.45, 2.75) is 63.1 Å². The predicted octanol–water partition coefficient (Wildman–Crippen LogP) is 2.56. The van der Waals surface area contributed by atoms with Crippen LogP contribution in [0.2, 0.25) is 0 Å². The van der Waals surface area contributed by atoms with Crippen LogP contribution in [0.4, 0.5) is 4.79 Å². The number of nitriles is 1. The highest BCUT2D eigenvalue weighted by atomic mass is 16.5. The fourth-order valence-electron chi connectivity index (χ4n) is 5.66. The zero-order valence-corrected chi connectivity index (χ0v) is 20.5. The van der Waals surface area contributed by atoms with Crippen LogP contribution in [0.3, 0.4) is 0 Å². The molecule has 35 heavy (non-hydrogen) atoms. The summed E-state index contributed by atoms with van der Waals surface area (Å²) in [7, 11) is 0. The third kappa shape index (κ3) is 6.72. The summed E-state index contributed by atoms with van der Waals surface area (Å²) in [4.78, 5) is 28.1. The third-order valence-electron chi connectivity index (χ3n) is 7.62. The molecule has 4 rings (SSSR count). The van der Waals surface area contributed by atoms with Gasteiger partial charge in [0.05, 0.1) is 19.3 Å². The Hall–Kier alpha value is -2.67. The van der Waals surface area contributed by atoms with Gasteiger partial charge in [0.15, 0.2) is 5.54 Å². The average molecular weight is 485 g/mol. The van der Waals surface area contributed by atoms with Crippen LogP contribution in [0.15, 0.2) is 30.3 Å². The molecule has 9 nitrogen and oxygen atoms in total. The van der Waals surface area contributed by atoms with E-state index < -0.39 is 11.6 Å². The molecule has 0 spiro atoms. The van der Waals surface area contributed by atoms with Crippen molar-refractivity contribution in [1.29, 1.82) is 5.26 Å². The molecule has 1 aromatic rings. The van der Waals surface area contributed by atoms with E-state index in [0.29, 0.717) is 58.2 Å². The van der Waals surface area contributed by atoms with Gasteiger partial charge in [0.2, 0.25) is 5.91 Å². The number of amides is 3. The highest BCUT2D eigenvalue weighted by Gasteiger charge is 2.51. The molecule has 3 atom stereocenters. The molecule has 3 aliphatic rings. The minimum atomic E-state index is -1.17. The van der Waals surface area contributed by atoms with Crippen molar-refractivity contribution in [1.82, 2.24) is 15.5 Å². The molecular formula is C26H38N5O4+. The van der Waals surface area contributed by atoms with Gasteiger partial charge in [0, 0.05) is 25.1 Å². The van der Waals surface area contributed by atoms with Crippen molar-refractivity contribution in [3.05, 3.63) is 35.9 Å². The third-order valence-corrected chi connectivity index (χ3v) is 7.62. The number of morpholine rings is 1. The SMILES string of the molecule is N#CC1(NC(=O)C(CC2CCCCC2)NC(=O)N2CCOCC2)CC[N+](O)(Cc2ccccc2)C1.